The van der Waals surface area contributed by atoms with E-state index >= 15 is 0 Å². The van der Waals surface area contributed by atoms with Crippen molar-refractivity contribution in [3.63, 3.8) is 0 Å². The van der Waals surface area contributed by atoms with Crippen LogP contribution < -0.4 is 33.2 Å². The molecule has 0 spiro atoms. The van der Waals surface area contributed by atoms with Crippen LogP contribution in [0.25, 0.3) is 0 Å². The normalized spacial score (nSPS) is 15.2. The Bertz CT molecular complexity index is 746. The van der Waals surface area contributed by atoms with E-state index in [0.29, 0.717) is 19.4 Å². The molecular formula is C19H34N6O9. The summed E-state index contributed by atoms with van der Waals surface area (Å²) in [4.78, 5) is 70.8. The molecule has 34 heavy (non-hydrogen) atoms. The van der Waals surface area contributed by atoms with Gasteiger partial charge in [-0.2, -0.15) is 0 Å². The van der Waals surface area contributed by atoms with E-state index in [2.05, 4.69) is 16.0 Å². The van der Waals surface area contributed by atoms with Crippen molar-refractivity contribution in [3.8, 4) is 0 Å². The number of rotatable bonds is 17. The molecule has 4 amide bonds. The summed E-state index contributed by atoms with van der Waals surface area (Å²) in [5, 5.41) is 34.6. The maximum atomic E-state index is 12.6. The average Bonchev–Trinajstić information content (AvgIpc) is 2.73. The fourth-order valence-corrected chi connectivity index (χ4v) is 2.77. The Hall–Kier alpha value is -3.30. The van der Waals surface area contributed by atoms with Crippen LogP contribution in [0.3, 0.4) is 0 Å². The maximum Gasteiger partial charge on any atom is 0.326 e. The lowest BCUT2D eigenvalue weighted by Crippen LogP contribution is -2.60. The number of hydrogen-bond acceptors (Lipinski definition) is 9. The quantitative estimate of drug-likeness (QED) is 0.0888. The number of primary amides is 1. The standard InChI is InChI=1S/C19H34N6O9/c1-9(26)15(18(32)23-11(19(33)34)5-6-13(22)27)25-17(31)12(8-14(28)29)24-16(30)10(21)4-2-3-7-20/h9-12,15,26H,2-8,20-21H2,1H3,(H2,22,27)(H,23,32)(H,24,30)(H,25,31)(H,28,29)(H,33,34). The minimum Gasteiger partial charge on any atom is -0.481 e. The molecule has 0 heterocycles. The Kier molecular flexibility index (Phi) is 14.0. The van der Waals surface area contributed by atoms with Crippen molar-refractivity contribution < 1.29 is 44.1 Å². The summed E-state index contributed by atoms with van der Waals surface area (Å²) in [6, 6.07) is -5.91. The van der Waals surface area contributed by atoms with E-state index in [1.54, 1.807) is 0 Å². The number of amides is 4. The van der Waals surface area contributed by atoms with Crippen LogP contribution in [0, 0.1) is 0 Å². The molecule has 194 valence electrons. The van der Waals surface area contributed by atoms with E-state index in [-0.39, 0.29) is 19.3 Å². The summed E-state index contributed by atoms with van der Waals surface area (Å²) >= 11 is 0. The highest BCUT2D eigenvalue weighted by atomic mass is 16.4. The van der Waals surface area contributed by atoms with Gasteiger partial charge in [0.05, 0.1) is 18.6 Å². The Balaban J connectivity index is 5.37. The predicted octanol–water partition coefficient (Wildman–Crippen LogP) is -3.90. The molecule has 0 aromatic heterocycles. The summed E-state index contributed by atoms with van der Waals surface area (Å²) in [6.07, 6.45) is -1.68. The summed E-state index contributed by atoms with van der Waals surface area (Å²) in [5.41, 5.74) is 16.1. The first-order valence-corrected chi connectivity index (χ1v) is 10.6. The van der Waals surface area contributed by atoms with Crippen LogP contribution in [-0.4, -0.2) is 87.7 Å². The Labute approximate surface area is 195 Å². The molecule has 12 N–H and O–H groups in total. The van der Waals surface area contributed by atoms with Crippen molar-refractivity contribution in [2.75, 3.05) is 6.54 Å². The first kappa shape index (κ1) is 30.7. The number of unbranched alkanes of at least 4 members (excludes halogenated alkanes) is 1. The second-order valence-corrected chi connectivity index (χ2v) is 7.68. The lowest BCUT2D eigenvalue weighted by Gasteiger charge is -2.26. The topological polar surface area (TPSA) is 277 Å². The van der Waals surface area contributed by atoms with E-state index in [4.69, 9.17) is 22.3 Å². The fourth-order valence-electron chi connectivity index (χ4n) is 2.77. The summed E-state index contributed by atoms with van der Waals surface area (Å²) < 4.78 is 0. The minimum atomic E-state index is -1.70. The van der Waals surface area contributed by atoms with Gasteiger partial charge in [0.25, 0.3) is 0 Å². The van der Waals surface area contributed by atoms with Crippen molar-refractivity contribution in [2.45, 2.75) is 75.7 Å². The highest BCUT2D eigenvalue weighted by Gasteiger charge is 2.33. The largest absolute Gasteiger partial charge is 0.481 e. The third kappa shape index (κ3) is 12.1. The summed E-state index contributed by atoms with van der Waals surface area (Å²) in [6.45, 7) is 1.52. The van der Waals surface area contributed by atoms with Gasteiger partial charge in [-0.25, -0.2) is 4.79 Å². The van der Waals surface area contributed by atoms with E-state index < -0.39 is 72.3 Å². The molecular weight excluding hydrogens is 456 g/mol. The monoisotopic (exact) mass is 490 g/mol. The molecule has 5 unspecified atom stereocenters. The molecule has 0 aliphatic rings. The predicted molar refractivity (Wildman–Crippen MR) is 117 cm³/mol. The van der Waals surface area contributed by atoms with Crippen LogP contribution in [0.1, 0.15) is 45.4 Å². The molecule has 15 heteroatoms. The molecule has 0 bridgehead atoms. The first-order valence-electron chi connectivity index (χ1n) is 10.6. The highest BCUT2D eigenvalue weighted by molar-refractivity contribution is 5.95. The zero-order valence-electron chi connectivity index (χ0n) is 18.9. The van der Waals surface area contributed by atoms with Crippen LogP contribution in [0.15, 0.2) is 0 Å². The van der Waals surface area contributed by atoms with Gasteiger partial charge in [0.15, 0.2) is 0 Å². The molecule has 0 saturated carbocycles. The van der Waals surface area contributed by atoms with Crippen molar-refractivity contribution in [2.24, 2.45) is 17.2 Å². The van der Waals surface area contributed by atoms with Crippen LogP contribution in [0.5, 0.6) is 0 Å². The van der Waals surface area contributed by atoms with E-state index in [9.17, 15) is 39.0 Å². The van der Waals surface area contributed by atoms with Crippen molar-refractivity contribution in [3.05, 3.63) is 0 Å². The van der Waals surface area contributed by atoms with Gasteiger partial charge in [-0.15, -0.1) is 0 Å². The molecule has 0 fully saturated rings. The molecule has 0 aromatic rings. The lowest BCUT2D eigenvalue weighted by atomic mass is 10.1. The number of carboxylic acids is 2. The van der Waals surface area contributed by atoms with Crippen LogP contribution in [0.2, 0.25) is 0 Å². The van der Waals surface area contributed by atoms with Gasteiger partial charge < -0.3 is 48.5 Å². The van der Waals surface area contributed by atoms with Gasteiger partial charge in [0.1, 0.15) is 18.1 Å². The number of hydrogen-bond donors (Lipinski definition) is 9. The number of carbonyl (C=O) groups is 6. The van der Waals surface area contributed by atoms with Crippen molar-refractivity contribution in [1.29, 1.82) is 0 Å². The third-order valence-corrected chi connectivity index (χ3v) is 4.67. The number of aliphatic hydroxyl groups excluding tert-OH is 1. The second-order valence-electron chi connectivity index (χ2n) is 7.68. The first-order chi connectivity index (χ1) is 15.8. The smallest absolute Gasteiger partial charge is 0.326 e. The molecule has 0 aliphatic heterocycles. The molecule has 15 nitrogen and oxygen atoms in total. The van der Waals surface area contributed by atoms with Crippen molar-refractivity contribution in [1.82, 2.24) is 16.0 Å². The van der Waals surface area contributed by atoms with Crippen LogP contribution in [-0.2, 0) is 28.8 Å². The molecule has 0 saturated heterocycles. The van der Waals surface area contributed by atoms with Crippen molar-refractivity contribution >= 4 is 35.6 Å². The van der Waals surface area contributed by atoms with E-state index in [0.717, 1.165) is 6.92 Å². The summed E-state index contributed by atoms with van der Waals surface area (Å²) in [5.74, 6) is -6.74. The van der Waals surface area contributed by atoms with Gasteiger partial charge in [-0.1, -0.05) is 6.42 Å². The van der Waals surface area contributed by atoms with E-state index in [1.807, 2.05) is 0 Å². The lowest BCUT2D eigenvalue weighted by molar-refractivity contribution is -0.144. The Morgan fingerprint density at radius 1 is 0.853 bits per heavy atom. The van der Waals surface area contributed by atoms with Gasteiger partial charge in [0, 0.05) is 6.42 Å². The number of carboxylic acid groups (broad SMARTS) is 2. The number of aliphatic hydroxyl groups is 1. The molecule has 0 aromatic carbocycles. The van der Waals surface area contributed by atoms with Gasteiger partial charge in [-0.05, 0) is 32.7 Å². The van der Waals surface area contributed by atoms with Crippen LogP contribution >= 0.6 is 0 Å². The highest BCUT2D eigenvalue weighted by Crippen LogP contribution is 2.04. The van der Waals surface area contributed by atoms with Gasteiger partial charge >= 0.3 is 11.9 Å². The Morgan fingerprint density at radius 2 is 1.44 bits per heavy atom. The molecule has 5 atom stereocenters. The number of nitrogens with one attached hydrogen (secondary N) is 3. The van der Waals surface area contributed by atoms with E-state index in [1.165, 1.54) is 0 Å². The molecule has 0 aliphatic carbocycles. The third-order valence-electron chi connectivity index (χ3n) is 4.67. The minimum absolute atomic E-state index is 0.241. The second kappa shape index (κ2) is 15.5. The summed E-state index contributed by atoms with van der Waals surface area (Å²) in [7, 11) is 0. The maximum absolute atomic E-state index is 12.6. The number of nitrogens with two attached hydrogens (primary N) is 3. The molecule has 0 rings (SSSR count). The van der Waals surface area contributed by atoms with Crippen LogP contribution in [0.4, 0.5) is 0 Å². The van der Waals surface area contributed by atoms with Gasteiger partial charge in [0.2, 0.25) is 23.6 Å². The zero-order chi connectivity index (χ0) is 26.4. The zero-order valence-corrected chi connectivity index (χ0v) is 18.9. The van der Waals surface area contributed by atoms with Gasteiger partial charge in [-0.3, -0.25) is 24.0 Å². The number of aliphatic carboxylic acids is 2. The Morgan fingerprint density at radius 3 is 1.91 bits per heavy atom. The fraction of sp³-hybridized carbons (Fsp3) is 0.684. The average molecular weight is 491 g/mol. The number of carbonyl (C=O) groups excluding carboxylic acids is 4. The SMILES string of the molecule is CC(O)C(NC(=O)C(CC(=O)O)NC(=O)C(N)CCCCN)C(=O)NC(CCC(N)=O)C(=O)O. The molecule has 0 radical (unpaired) electrons.